The van der Waals surface area contributed by atoms with E-state index in [-0.39, 0.29) is 11.1 Å². The minimum absolute atomic E-state index is 0.106. The second-order valence-corrected chi connectivity index (χ2v) is 5.77. The van der Waals surface area contributed by atoms with Crippen molar-refractivity contribution in [2.75, 3.05) is 34.5 Å². The molecular weight excluding hydrogens is 364 g/mol. The lowest BCUT2D eigenvalue weighted by atomic mass is 10.1. The van der Waals surface area contributed by atoms with Crippen LogP contribution in [0.25, 0.3) is 0 Å². The number of ether oxygens (including phenoxy) is 5. The molecule has 0 saturated carbocycles. The van der Waals surface area contributed by atoms with Gasteiger partial charge in [-0.2, -0.15) is 0 Å². The zero-order valence-electron chi connectivity index (χ0n) is 16.2. The van der Waals surface area contributed by atoms with Crippen molar-refractivity contribution in [3.05, 3.63) is 53.6 Å². The fourth-order valence-corrected chi connectivity index (χ4v) is 2.44. The molecule has 0 amide bonds. The third-order valence-electron chi connectivity index (χ3n) is 3.94. The van der Waals surface area contributed by atoms with Crippen LogP contribution in [0.2, 0.25) is 0 Å². The molecule has 0 N–H and O–H groups in total. The van der Waals surface area contributed by atoms with Crippen molar-refractivity contribution in [2.24, 2.45) is 0 Å². The van der Waals surface area contributed by atoms with Gasteiger partial charge < -0.3 is 23.7 Å². The molecule has 0 bridgehead atoms. The molecule has 0 saturated heterocycles. The molecule has 0 aliphatic heterocycles. The monoisotopic (exact) mass is 388 g/mol. The molecule has 0 atom stereocenters. The first-order valence-electron chi connectivity index (χ1n) is 8.79. The highest BCUT2D eigenvalue weighted by molar-refractivity contribution is 6.03. The molecule has 7 nitrogen and oxygen atoms in total. The zero-order valence-corrected chi connectivity index (χ0v) is 16.2. The summed E-state index contributed by atoms with van der Waals surface area (Å²) in [5.74, 6) is 0.804. The number of carbonyl (C=O) groups excluding carboxylic acids is 2. The molecule has 0 spiro atoms. The standard InChI is InChI=1S/C21H24O7/c1-24-15-6-8-16(9-7-15)27-12-4-5-13-28-17-10-11-18(20(22)25-2)19(14-17)21(23)26-3/h6-11,14H,4-5,12-13H2,1-3H3. The Morgan fingerprint density at radius 1 is 0.679 bits per heavy atom. The molecule has 2 aromatic carbocycles. The molecule has 0 aliphatic carbocycles. The van der Waals surface area contributed by atoms with Gasteiger partial charge in [0, 0.05) is 0 Å². The highest BCUT2D eigenvalue weighted by Gasteiger charge is 2.19. The van der Waals surface area contributed by atoms with Crippen LogP contribution in [0.1, 0.15) is 33.6 Å². The first-order valence-corrected chi connectivity index (χ1v) is 8.79. The van der Waals surface area contributed by atoms with Gasteiger partial charge in [0.15, 0.2) is 0 Å². The van der Waals surface area contributed by atoms with E-state index >= 15 is 0 Å². The number of hydrogen-bond donors (Lipinski definition) is 0. The fourth-order valence-electron chi connectivity index (χ4n) is 2.44. The highest BCUT2D eigenvalue weighted by Crippen LogP contribution is 2.20. The Bertz CT molecular complexity index is 784. The molecule has 7 heteroatoms. The molecule has 150 valence electrons. The molecule has 28 heavy (non-hydrogen) atoms. The van der Waals surface area contributed by atoms with Crippen LogP contribution in [0.15, 0.2) is 42.5 Å². The van der Waals surface area contributed by atoms with Crippen molar-refractivity contribution in [1.29, 1.82) is 0 Å². The smallest absolute Gasteiger partial charge is 0.338 e. The summed E-state index contributed by atoms with van der Waals surface area (Å²) in [6.07, 6.45) is 1.57. The maximum atomic E-state index is 11.9. The van der Waals surface area contributed by atoms with Crippen LogP contribution in [0.3, 0.4) is 0 Å². The topological polar surface area (TPSA) is 80.3 Å². The van der Waals surface area contributed by atoms with E-state index in [1.54, 1.807) is 13.2 Å². The van der Waals surface area contributed by atoms with Gasteiger partial charge in [0.25, 0.3) is 0 Å². The minimum atomic E-state index is -0.626. The number of unbranched alkanes of at least 4 members (excludes halogenated alkanes) is 1. The Labute approximate surface area is 164 Å². The van der Waals surface area contributed by atoms with E-state index in [9.17, 15) is 9.59 Å². The molecule has 0 unspecified atom stereocenters. The van der Waals surface area contributed by atoms with E-state index in [4.69, 9.17) is 18.9 Å². The predicted octanol–water partition coefficient (Wildman–Crippen LogP) is 3.51. The summed E-state index contributed by atoms with van der Waals surface area (Å²) in [6, 6.07) is 12.0. The molecular formula is C21H24O7. The van der Waals surface area contributed by atoms with Crippen LogP contribution in [-0.2, 0) is 9.47 Å². The maximum absolute atomic E-state index is 11.9. The SMILES string of the molecule is COC(=O)c1ccc(OCCCCOc2ccc(OC)cc2)cc1C(=O)OC. The van der Waals surface area contributed by atoms with Gasteiger partial charge in [-0.05, 0) is 55.3 Å². The third-order valence-corrected chi connectivity index (χ3v) is 3.94. The number of methoxy groups -OCH3 is 3. The molecule has 0 aromatic heterocycles. The summed E-state index contributed by atoms with van der Waals surface area (Å²) in [7, 11) is 4.12. The minimum Gasteiger partial charge on any atom is -0.497 e. The lowest BCUT2D eigenvalue weighted by Gasteiger charge is -2.11. The summed E-state index contributed by atoms with van der Waals surface area (Å²) in [4.78, 5) is 23.6. The summed E-state index contributed by atoms with van der Waals surface area (Å²) in [5, 5.41) is 0. The molecule has 2 aromatic rings. The summed E-state index contributed by atoms with van der Waals surface area (Å²) < 4.78 is 25.8. The van der Waals surface area contributed by atoms with Crippen molar-refractivity contribution >= 4 is 11.9 Å². The van der Waals surface area contributed by atoms with Gasteiger partial charge in [0.2, 0.25) is 0 Å². The Hall–Kier alpha value is -3.22. The second-order valence-electron chi connectivity index (χ2n) is 5.77. The first-order chi connectivity index (χ1) is 13.6. The van der Waals surface area contributed by atoms with E-state index in [1.165, 1.54) is 26.4 Å². The molecule has 2 rings (SSSR count). The van der Waals surface area contributed by atoms with Crippen molar-refractivity contribution in [2.45, 2.75) is 12.8 Å². The van der Waals surface area contributed by atoms with Gasteiger partial charge in [-0.1, -0.05) is 0 Å². The number of benzene rings is 2. The van der Waals surface area contributed by atoms with Crippen LogP contribution in [-0.4, -0.2) is 46.5 Å². The molecule has 0 heterocycles. The van der Waals surface area contributed by atoms with E-state index in [1.807, 2.05) is 24.3 Å². The van der Waals surface area contributed by atoms with Crippen molar-refractivity contribution in [3.8, 4) is 17.2 Å². The Kier molecular flexibility index (Phi) is 8.14. The summed E-state index contributed by atoms with van der Waals surface area (Å²) in [5.41, 5.74) is 0.240. The highest BCUT2D eigenvalue weighted by atomic mass is 16.5. The lowest BCUT2D eigenvalue weighted by molar-refractivity contribution is 0.0555. The average molecular weight is 388 g/mol. The van der Waals surface area contributed by atoms with Gasteiger partial charge in [-0.3, -0.25) is 0 Å². The van der Waals surface area contributed by atoms with Crippen LogP contribution in [0, 0.1) is 0 Å². The van der Waals surface area contributed by atoms with Crippen LogP contribution >= 0.6 is 0 Å². The Balaban J connectivity index is 1.80. The third kappa shape index (κ3) is 5.90. The van der Waals surface area contributed by atoms with Gasteiger partial charge in [-0.25, -0.2) is 9.59 Å². The average Bonchev–Trinajstić information content (AvgIpc) is 2.75. The van der Waals surface area contributed by atoms with E-state index < -0.39 is 11.9 Å². The quantitative estimate of drug-likeness (QED) is 0.455. The second kappa shape index (κ2) is 10.8. The van der Waals surface area contributed by atoms with Crippen LogP contribution in [0.5, 0.6) is 17.2 Å². The predicted molar refractivity (Wildman–Crippen MR) is 102 cm³/mol. The van der Waals surface area contributed by atoms with E-state index in [0.29, 0.717) is 19.0 Å². The number of esters is 2. The Morgan fingerprint density at radius 3 is 1.75 bits per heavy atom. The molecule has 0 aliphatic rings. The lowest BCUT2D eigenvalue weighted by Crippen LogP contribution is -2.12. The fraction of sp³-hybridized carbons (Fsp3) is 0.333. The normalized spacial score (nSPS) is 10.1. The number of rotatable bonds is 10. The molecule has 0 radical (unpaired) electrons. The first kappa shape index (κ1) is 21.1. The van der Waals surface area contributed by atoms with E-state index in [0.717, 1.165) is 24.3 Å². The maximum Gasteiger partial charge on any atom is 0.338 e. The van der Waals surface area contributed by atoms with Crippen LogP contribution in [0.4, 0.5) is 0 Å². The van der Waals surface area contributed by atoms with Crippen molar-refractivity contribution in [3.63, 3.8) is 0 Å². The van der Waals surface area contributed by atoms with Gasteiger partial charge in [0.1, 0.15) is 17.2 Å². The number of hydrogen-bond acceptors (Lipinski definition) is 7. The van der Waals surface area contributed by atoms with E-state index in [2.05, 4.69) is 4.74 Å². The molecule has 0 fully saturated rings. The zero-order chi connectivity index (χ0) is 20.4. The van der Waals surface area contributed by atoms with Crippen LogP contribution < -0.4 is 14.2 Å². The number of carbonyl (C=O) groups is 2. The van der Waals surface area contributed by atoms with Crippen molar-refractivity contribution < 1.29 is 33.3 Å². The Morgan fingerprint density at radius 2 is 1.18 bits per heavy atom. The van der Waals surface area contributed by atoms with Gasteiger partial charge in [-0.15, -0.1) is 0 Å². The summed E-state index contributed by atoms with van der Waals surface area (Å²) >= 11 is 0. The van der Waals surface area contributed by atoms with Gasteiger partial charge >= 0.3 is 11.9 Å². The summed E-state index contributed by atoms with van der Waals surface area (Å²) in [6.45, 7) is 1.01. The largest absolute Gasteiger partial charge is 0.497 e. The van der Waals surface area contributed by atoms with Crippen molar-refractivity contribution in [1.82, 2.24) is 0 Å². The van der Waals surface area contributed by atoms with Gasteiger partial charge in [0.05, 0.1) is 45.7 Å².